The molecular formula is C19H24O2. The maximum absolute atomic E-state index is 10.3. The maximum atomic E-state index is 10.3. The van der Waals surface area contributed by atoms with Crippen LogP contribution in [0.25, 0.3) is 0 Å². The first kappa shape index (κ1) is 15.6. The minimum absolute atomic E-state index is 0.269. The molecule has 2 heteroatoms. The summed E-state index contributed by atoms with van der Waals surface area (Å²) in [5.74, 6) is 1.31. The highest BCUT2D eigenvalue weighted by molar-refractivity contribution is 5.33. The average Bonchev–Trinajstić information content (AvgIpc) is 2.47. The fourth-order valence-electron chi connectivity index (χ4n) is 2.33. The Morgan fingerprint density at radius 3 is 2.29 bits per heavy atom. The zero-order valence-electron chi connectivity index (χ0n) is 13.3. The summed E-state index contributed by atoms with van der Waals surface area (Å²) in [7, 11) is 0. The lowest BCUT2D eigenvalue weighted by atomic mass is 10.0. The standard InChI is InChI=1S/C19H24O2/c1-13(2)16-7-9-17(10-8-16)21-12-19(20)18-11-14(3)5-6-15(18)4/h5-11,13,19-20H,12H2,1-4H3. The van der Waals surface area contributed by atoms with Crippen molar-refractivity contribution in [1.82, 2.24) is 0 Å². The summed E-state index contributed by atoms with van der Waals surface area (Å²) in [5.41, 5.74) is 4.47. The first-order valence-corrected chi connectivity index (χ1v) is 7.45. The van der Waals surface area contributed by atoms with Gasteiger partial charge in [0.1, 0.15) is 18.5 Å². The second-order valence-corrected chi connectivity index (χ2v) is 5.91. The van der Waals surface area contributed by atoms with Gasteiger partial charge in [0, 0.05) is 0 Å². The third-order valence-electron chi connectivity index (χ3n) is 3.75. The number of aryl methyl sites for hydroxylation is 2. The minimum atomic E-state index is -0.602. The van der Waals surface area contributed by atoms with Crippen molar-refractivity contribution < 1.29 is 9.84 Å². The molecule has 2 aromatic rings. The number of hydrogen-bond donors (Lipinski definition) is 1. The van der Waals surface area contributed by atoms with Gasteiger partial charge in [-0.3, -0.25) is 0 Å². The van der Waals surface area contributed by atoms with E-state index in [2.05, 4.69) is 32.0 Å². The van der Waals surface area contributed by atoms with E-state index in [1.165, 1.54) is 5.56 Å². The van der Waals surface area contributed by atoms with Crippen LogP contribution in [0.4, 0.5) is 0 Å². The van der Waals surface area contributed by atoms with Gasteiger partial charge in [-0.15, -0.1) is 0 Å². The van der Waals surface area contributed by atoms with Crippen molar-refractivity contribution in [1.29, 1.82) is 0 Å². The maximum Gasteiger partial charge on any atom is 0.119 e. The third-order valence-corrected chi connectivity index (χ3v) is 3.75. The zero-order chi connectivity index (χ0) is 15.4. The van der Waals surface area contributed by atoms with Gasteiger partial charge in [-0.25, -0.2) is 0 Å². The molecule has 0 aliphatic rings. The van der Waals surface area contributed by atoms with Crippen molar-refractivity contribution >= 4 is 0 Å². The largest absolute Gasteiger partial charge is 0.491 e. The highest BCUT2D eigenvalue weighted by Crippen LogP contribution is 2.22. The fourth-order valence-corrected chi connectivity index (χ4v) is 2.33. The molecular weight excluding hydrogens is 260 g/mol. The number of aliphatic hydroxyl groups is 1. The number of benzene rings is 2. The van der Waals surface area contributed by atoms with Gasteiger partial charge in [-0.05, 0) is 48.6 Å². The Bertz CT molecular complexity index is 585. The van der Waals surface area contributed by atoms with E-state index < -0.39 is 6.10 Å². The molecule has 0 aromatic heterocycles. The lowest BCUT2D eigenvalue weighted by molar-refractivity contribution is 0.107. The molecule has 0 radical (unpaired) electrons. The number of rotatable bonds is 5. The van der Waals surface area contributed by atoms with Crippen LogP contribution in [0.5, 0.6) is 5.75 Å². The monoisotopic (exact) mass is 284 g/mol. The van der Waals surface area contributed by atoms with Gasteiger partial charge in [0.25, 0.3) is 0 Å². The van der Waals surface area contributed by atoms with E-state index in [1.54, 1.807) is 0 Å². The first-order valence-electron chi connectivity index (χ1n) is 7.45. The normalized spacial score (nSPS) is 12.5. The second kappa shape index (κ2) is 6.77. The third kappa shape index (κ3) is 4.08. The van der Waals surface area contributed by atoms with E-state index in [0.29, 0.717) is 5.92 Å². The van der Waals surface area contributed by atoms with Crippen LogP contribution in [-0.4, -0.2) is 11.7 Å². The van der Waals surface area contributed by atoms with E-state index in [4.69, 9.17) is 4.74 Å². The Morgan fingerprint density at radius 1 is 1.00 bits per heavy atom. The van der Waals surface area contributed by atoms with Gasteiger partial charge in [-0.2, -0.15) is 0 Å². The summed E-state index contributed by atoms with van der Waals surface area (Å²) < 4.78 is 5.70. The molecule has 0 saturated heterocycles. The van der Waals surface area contributed by atoms with Crippen molar-refractivity contribution in [3.8, 4) is 5.75 Å². The predicted molar refractivity (Wildman–Crippen MR) is 86.9 cm³/mol. The van der Waals surface area contributed by atoms with Crippen LogP contribution in [-0.2, 0) is 0 Å². The smallest absolute Gasteiger partial charge is 0.119 e. The number of hydrogen-bond acceptors (Lipinski definition) is 2. The minimum Gasteiger partial charge on any atom is -0.491 e. The molecule has 0 saturated carbocycles. The summed E-state index contributed by atoms with van der Waals surface area (Å²) >= 11 is 0. The van der Waals surface area contributed by atoms with Gasteiger partial charge < -0.3 is 9.84 Å². The Labute approximate surface area is 127 Å². The van der Waals surface area contributed by atoms with E-state index in [-0.39, 0.29) is 6.61 Å². The molecule has 1 unspecified atom stereocenters. The molecule has 0 heterocycles. The predicted octanol–water partition coefficient (Wildman–Crippen LogP) is 4.54. The topological polar surface area (TPSA) is 29.5 Å². The van der Waals surface area contributed by atoms with Gasteiger partial charge in [0.15, 0.2) is 0 Å². The highest BCUT2D eigenvalue weighted by Gasteiger charge is 2.11. The van der Waals surface area contributed by atoms with Gasteiger partial charge >= 0.3 is 0 Å². The molecule has 0 aliphatic heterocycles. The summed E-state index contributed by atoms with van der Waals surface area (Å²) in [4.78, 5) is 0. The molecule has 112 valence electrons. The van der Waals surface area contributed by atoms with E-state index in [1.807, 2.05) is 38.1 Å². The number of aliphatic hydroxyl groups excluding tert-OH is 1. The fraction of sp³-hybridized carbons (Fsp3) is 0.368. The Hall–Kier alpha value is -1.80. The summed E-state index contributed by atoms with van der Waals surface area (Å²) in [6.07, 6.45) is -0.602. The van der Waals surface area contributed by atoms with Gasteiger partial charge in [0.2, 0.25) is 0 Å². The molecule has 21 heavy (non-hydrogen) atoms. The van der Waals surface area contributed by atoms with E-state index >= 15 is 0 Å². The van der Waals surface area contributed by atoms with Crippen LogP contribution in [0.3, 0.4) is 0 Å². The Kier molecular flexibility index (Phi) is 5.03. The molecule has 2 aromatic carbocycles. The molecule has 0 bridgehead atoms. The van der Waals surface area contributed by atoms with Crippen molar-refractivity contribution in [3.05, 3.63) is 64.7 Å². The SMILES string of the molecule is Cc1ccc(C)c(C(O)COc2ccc(C(C)C)cc2)c1. The van der Waals surface area contributed by atoms with Gasteiger partial charge in [0.05, 0.1) is 0 Å². The summed E-state index contributed by atoms with van der Waals surface area (Å²) in [5, 5.41) is 10.3. The second-order valence-electron chi connectivity index (χ2n) is 5.91. The van der Waals surface area contributed by atoms with Crippen molar-refractivity contribution in [2.75, 3.05) is 6.61 Å². The molecule has 0 spiro atoms. The van der Waals surface area contributed by atoms with Crippen molar-refractivity contribution in [2.24, 2.45) is 0 Å². The van der Waals surface area contributed by atoms with Crippen LogP contribution in [0.2, 0.25) is 0 Å². The van der Waals surface area contributed by atoms with Crippen molar-refractivity contribution in [3.63, 3.8) is 0 Å². The molecule has 0 fully saturated rings. The lowest BCUT2D eigenvalue weighted by Gasteiger charge is -2.16. The van der Waals surface area contributed by atoms with Crippen molar-refractivity contribution in [2.45, 2.75) is 39.7 Å². The quantitative estimate of drug-likeness (QED) is 0.873. The molecule has 2 rings (SSSR count). The highest BCUT2D eigenvalue weighted by atomic mass is 16.5. The zero-order valence-corrected chi connectivity index (χ0v) is 13.3. The van der Waals surface area contributed by atoms with Crippen LogP contribution in [0, 0.1) is 13.8 Å². The molecule has 1 N–H and O–H groups in total. The Balaban J connectivity index is 2.00. The lowest BCUT2D eigenvalue weighted by Crippen LogP contribution is -2.11. The molecule has 0 amide bonds. The molecule has 1 atom stereocenters. The molecule has 2 nitrogen and oxygen atoms in total. The van der Waals surface area contributed by atoms with Gasteiger partial charge in [-0.1, -0.05) is 49.7 Å². The Morgan fingerprint density at radius 2 is 1.67 bits per heavy atom. The summed E-state index contributed by atoms with van der Waals surface area (Å²) in [6, 6.07) is 14.2. The van der Waals surface area contributed by atoms with E-state index in [9.17, 15) is 5.11 Å². The molecule has 0 aliphatic carbocycles. The van der Waals surface area contributed by atoms with Crippen LogP contribution >= 0.6 is 0 Å². The number of ether oxygens (including phenoxy) is 1. The van der Waals surface area contributed by atoms with Crippen LogP contribution < -0.4 is 4.74 Å². The average molecular weight is 284 g/mol. The van der Waals surface area contributed by atoms with E-state index in [0.717, 1.165) is 22.4 Å². The van der Waals surface area contributed by atoms with Crippen LogP contribution in [0.15, 0.2) is 42.5 Å². The van der Waals surface area contributed by atoms with Crippen LogP contribution in [0.1, 0.15) is 48.1 Å². The first-order chi connectivity index (χ1) is 9.97. The summed E-state index contributed by atoms with van der Waals surface area (Å²) in [6.45, 7) is 8.64.